The molecule has 1 saturated heterocycles. The molecule has 0 spiro atoms. The maximum atomic E-state index is 13.6. The molecule has 214 valence electrons. The van der Waals surface area contributed by atoms with Gasteiger partial charge in [-0.2, -0.15) is 0 Å². The van der Waals surface area contributed by atoms with Crippen LogP contribution >= 0.6 is 0 Å². The minimum atomic E-state index is -0.746. The Kier molecular flexibility index (Phi) is 8.67. The van der Waals surface area contributed by atoms with Gasteiger partial charge in [-0.1, -0.05) is 97.1 Å². The molecule has 0 N–H and O–H groups in total. The highest BCUT2D eigenvalue weighted by Gasteiger charge is 2.42. The molecule has 0 aromatic heterocycles. The Balaban J connectivity index is 1.44. The van der Waals surface area contributed by atoms with Crippen LogP contribution in [0.1, 0.15) is 43.6 Å². The number of nitrogens with zero attached hydrogens (tertiary/aromatic N) is 2. The maximum absolute atomic E-state index is 13.6. The minimum absolute atomic E-state index is 0.00548. The van der Waals surface area contributed by atoms with Gasteiger partial charge in [0, 0.05) is 11.1 Å². The van der Waals surface area contributed by atoms with Crippen LogP contribution in [0.3, 0.4) is 0 Å². The smallest absolute Gasteiger partial charge is 0.332 e. The molecule has 0 bridgehead atoms. The van der Waals surface area contributed by atoms with Crippen molar-refractivity contribution in [3.05, 3.63) is 143 Å². The van der Waals surface area contributed by atoms with E-state index in [-0.39, 0.29) is 30.2 Å². The molecule has 0 atom stereocenters. The summed E-state index contributed by atoms with van der Waals surface area (Å²) in [4.78, 5) is 67.2. The second-order valence-corrected chi connectivity index (χ2v) is 9.89. The van der Waals surface area contributed by atoms with Gasteiger partial charge in [0.15, 0.2) is 17.3 Å². The standard InChI is InChI=1S/C35H28N2O6/c1-24(38)28-17-9-11-19-33(28)43-32-18-10-8-16-27(32)20-21-29-34(41)37(23-31(40)26-14-6-3-7-15-26)35(42)36(29)22-30(39)25-12-4-2-5-13-25/h2-19,21H,20,22-23H2,1H3/b29-21+. The summed E-state index contributed by atoms with van der Waals surface area (Å²) in [5.74, 6) is -0.713. The Labute approximate surface area is 248 Å². The molecule has 0 radical (unpaired) electrons. The van der Waals surface area contributed by atoms with Crippen molar-refractivity contribution >= 4 is 29.3 Å². The van der Waals surface area contributed by atoms with Gasteiger partial charge in [-0.05, 0) is 37.1 Å². The van der Waals surface area contributed by atoms with Crippen molar-refractivity contribution in [2.45, 2.75) is 13.3 Å². The van der Waals surface area contributed by atoms with E-state index >= 15 is 0 Å². The Morgan fingerprint density at radius 1 is 0.651 bits per heavy atom. The molecular formula is C35H28N2O6. The van der Waals surface area contributed by atoms with Crippen molar-refractivity contribution in [3.8, 4) is 11.5 Å². The molecule has 3 amide bonds. The molecule has 4 aromatic carbocycles. The third-order valence-corrected chi connectivity index (χ3v) is 6.99. The molecule has 1 aliphatic heterocycles. The number of benzene rings is 4. The summed E-state index contributed by atoms with van der Waals surface area (Å²) in [5.41, 5.74) is 1.86. The van der Waals surface area contributed by atoms with E-state index in [1.165, 1.54) is 6.92 Å². The van der Waals surface area contributed by atoms with Crippen molar-refractivity contribution in [2.75, 3.05) is 13.1 Å². The van der Waals surface area contributed by atoms with E-state index in [4.69, 9.17) is 4.74 Å². The quantitative estimate of drug-likeness (QED) is 0.122. The van der Waals surface area contributed by atoms with E-state index in [9.17, 15) is 24.0 Å². The normalized spacial score (nSPS) is 13.8. The van der Waals surface area contributed by atoms with Crippen LogP contribution in [0.25, 0.3) is 0 Å². The first-order valence-electron chi connectivity index (χ1n) is 13.7. The highest BCUT2D eigenvalue weighted by molar-refractivity contribution is 6.16. The van der Waals surface area contributed by atoms with Crippen molar-refractivity contribution in [3.63, 3.8) is 0 Å². The summed E-state index contributed by atoms with van der Waals surface area (Å²) >= 11 is 0. The number of hydrogen-bond acceptors (Lipinski definition) is 6. The fourth-order valence-corrected chi connectivity index (χ4v) is 4.74. The Hall–Kier alpha value is -5.63. The third-order valence-electron chi connectivity index (χ3n) is 6.99. The monoisotopic (exact) mass is 572 g/mol. The number of urea groups is 1. The van der Waals surface area contributed by atoms with E-state index in [1.54, 1.807) is 115 Å². The molecule has 4 aromatic rings. The number of para-hydroxylation sites is 2. The predicted octanol–water partition coefficient (Wildman–Crippen LogP) is 6.14. The van der Waals surface area contributed by atoms with E-state index < -0.39 is 24.3 Å². The van der Waals surface area contributed by atoms with Crippen LogP contribution in [-0.2, 0) is 11.2 Å². The molecule has 5 rings (SSSR count). The van der Waals surface area contributed by atoms with Gasteiger partial charge in [-0.15, -0.1) is 0 Å². The fourth-order valence-electron chi connectivity index (χ4n) is 4.74. The fraction of sp³-hybridized carbons (Fsp3) is 0.114. The summed E-state index contributed by atoms with van der Waals surface area (Å²) < 4.78 is 6.11. The summed E-state index contributed by atoms with van der Waals surface area (Å²) in [7, 11) is 0. The molecule has 0 unspecified atom stereocenters. The molecule has 43 heavy (non-hydrogen) atoms. The second-order valence-electron chi connectivity index (χ2n) is 9.89. The van der Waals surface area contributed by atoms with E-state index in [1.807, 2.05) is 0 Å². The number of carbonyl (C=O) groups is 5. The Bertz CT molecular complexity index is 1730. The van der Waals surface area contributed by atoms with Gasteiger partial charge in [0.1, 0.15) is 17.2 Å². The van der Waals surface area contributed by atoms with Gasteiger partial charge in [-0.25, -0.2) is 4.79 Å². The van der Waals surface area contributed by atoms with Crippen molar-refractivity contribution < 1.29 is 28.7 Å². The zero-order chi connectivity index (χ0) is 30.3. The summed E-state index contributed by atoms with van der Waals surface area (Å²) in [6.45, 7) is 0.623. The number of rotatable bonds is 11. The first-order chi connectivity index (χ1) is 20.8. The predicted molar refractivity (Wildman–Crippen MR) is 160 cm³/mol. The van der Waals surface area contributed by atoms with Gasteiger partial charge in [0.2, 0.25) is 0 Å². The van der Waals surface area contributed by atoms with Gasteiger partial charge < -0.3 is 4.74 Å². The maximum Gasteiger partial charge on any atom is 0.332 e. The van der Waals surface area contributed by atoms with E-state index in [0.717, 1.165) is 9.80 Å². The van der Waals surface area contributed by atoms with Crippen molar-refractivity contribution in [1.29, 1.82) is 0 Å². The van der Waals surface area contributed by atoms with Crippen LogP contribution in [0, 0.1) is 0 Å². The summed E-state index contributed by atoms with van der Waals surface area (Å²) in [6, 6.07) is 30.2. The first kappa shape index (κ1) is 28.9. The lowest BCUT2D eigenvalue weighted by atomic mass is 10.1. The first-order valence-corrected chi connectivity index (χ1v) is 13.7. The van der Waals surface area contributed by atoms with Crippen LogP contribution in [0.5, 0.6) is 11.5 Å². The average molecular weight is 573 g/mol. The van der Waals surface area contributed by atoms with Crippen molar-refractivity contribution in [1.82, 2.24) is 9.80 Å². The summed E-state index contributed by atoms with van der Waals surface area (Å²) in [5, 5.41) is 0. The molecule has 8 nitrogen and oxygen atoms in total. The lowest BCUT2D eigenvalue weighted by Gasteiger charge is -2.17. The van der Waals surface area contributed by atoms with Crippen LogP contribution in [0.15, 0.2) is 121 Å². The highest BCUT2D eigenvalue weighted by Crippen LogP contribution is 2.30. The average Bonchev–Trinajstić information content (AvgIpc) is 3.24. The van der Waals surface area contributed by atoms with E-state index in [0.29, 0.717) is 33.8 Å². The summed E-state index contributed by atoms with van der Waals surface area (Å²) in [6.07, 6.45) is 1.73. The largest absolute Gasteiger partial charge is 0.456 e. The SMILES string of the molecule is CC(=O)c1ccccc1Oc1ccccc1C/C=C1\C(=O)N(CC(=O)c2ccccc2)C(=O)N1CC(=O)c1ccccc1. The van der Waals surface area contributed by atoms with Crippen LogP contribution in [-0.4, -0.2) is 52.2 Å². The van der Waals surface area contributed by atoms with Gasteiger partial charge in [-0.3, -0.25) is 29.0 Å². The second kappa shape index (κ2) is 12.9. The lowest BCUT2D eigenvalue weighted by molar-refractivity contribution is -0.122. The number of amides is 3. The number of allylic oxidation sites excluding steroid dienone is 1. The van der Waals surface area contributed by atoms with Crippen LogP contribution in [0.4, 0.5) is 4.79 Å². The molecule has 0 aliphatic carbocycles. The number of hydrogen-bond donors (Lipinski definition) is 0. The zero-order valence-electron chi connectivity index (χ0n) is 23.4. The highest BCUT2D eigenvalue weighted by atomic mass is 16.5. The number of imide groups is 1. The number of ether oxygens (including phenoxy) is 1. The molecule has 8 heteroatoms. The lowest BCUT2D eigenvalue weighted by Crippen LogP contribution is -2.38. The zero-order valence-corrected chi connectivity index (χ0v) is 23.4. The van der Waals surface area contributed by atoms with Gasteiger partial charge >= 0.3 is 6.03 Å². The van der Waals surface area contributed by atoms with Crippen LogP contribution < -0.4 is 4.74 Å². The van der Waals surface area contributed by atoms with E-state index in [2.05, 4.69) is 0 Å². The van der Waals surface area contributed by atoms with Gasteiger partial charge in [0.05, 0.1) is 18.7 Å². The van der Waals surface area contributed by atoms with Crippen LogP contribution in [0.2, 0.25) is 0 Å². The molecule has 1 heterocycles. The Morgan fingerprint density at radius 2 is 1.16 bits per heavy atom. The minimum Gasteiger partial charge on any atom is -0.456 e. The Morgan fingerprint density at radius 3 is 1.77 bits per heavy atom. The topological polar surface area (TPSA) is 101 Å². The molecule has 1 aliphatic rings. The number of Topliss-reactive ketones (excluding diaryl/α,β-unsaturated/α-hetero) is 3. The van der Waals surface area contributed by atoms with Gasteiger partial charge in [0.25, 0.3) is 5.91 Å². The third kappa shape index (κ3) is 6.49. The molecular weight excluding hydrogens is 544 g/mol. The molecule has 0 saturated carbocycles. The van der Waals surface area contributed by atoms with Crippen molar-refractivity contribution in [2.24, 2.45) is 0 Å². The molecule has 1 fully saturated rings. The number of carbonyl (C=O) groups excluding carboxylic acids is 5. The number of ketones is 3.